The lowest BCUT2D eigenvalue weighted by molar-refractivity contribution is -0.117. The topological polar surface area (TPSA) is 107 Å². The van der Waals surface area contributed by atoms with Crippen LogP contribution in [0.1, 0.15) is 5.56 Å². The standard InChI is InChI=1S/C19H16Cl2N4O3S/c20-12-6-5-11(14(21)9-12)7-8-25-17(27)13-3-1-2-4-15(13)23-19(25)29-10-16(26)24-18(22)28/h1-6,9H,7-8,10H2,(H3,22,24,26,28). The zero-order valence-electron chi connectivity index (χ0n) is 15.0. The Balaban J connectivity index is 1.92. The number of hydrogen-bond acceptors (Lipinski definition) is 5. The van der Waals surface area contributed by atoms with Crippen LogP contribution in [0.15, 0.2) is 52.4 Å². The van der Waals surface area contributed by atoms with Gasteiger partial charge in [0.2, 0.25) is 5.91 Å². The molecule has 0 atom stereocenters. The SMILES string of the molecule is NC(=O)NC(=O)CSc1nc2ccccc2c(=O)n1CCc1ccc(Cl)cc1Cl. The first-order valence-corrected chi connectivity index (χ1v) is 10.2. The van der Waals surface area contributed by atoms with E-state index in [2.05, 4.69) is 4.98 Å². The fraction of sp³-hybridized carbons (Fsp3) is 0.158. The van der Waals surface area contributed by atoms with Crippen molar-refractivity contribution in [2.75, 3.05) is 5.75 Å². The Labute approximate surface area is 180 Å². The molecule has 0 bridgehead atoms. The minimum Gasteiger partial charge on any atom is -0.351 e. The number of rotatable bonds is 6. The molecule has 0 aliphatic heterocycles. The predicted octanol–water partition coefficient (Wildman–Crippen LogP) is 3.23. The van der Waals surface area contributed by atoms with Gasteiger partial charge in [-0.3, -0.25) is 19.5 Å². The molecule has 0 radical (unpaired) electrons. The highest BCUT2D eigenvalue weighted by molar-refractivity contribution is 7.99. The first-order chi connectivity index (χ1) is 13.8. The highest BCUT2D eigenvalue weighted by Gasteiger charge is 2.14. The number of nitrogens with two attached hydrogens (primary N) is 1. The highest BCUT2D eigenvalue weighted by atomic mass is 35.5. The van der Waals surface area contributed by atoms with Crippen molar-refractivity contribution in [1.29, 1.82) is 0 Å². The van der Waals surface area contributed by atoms with E-state index in [0.717, 1.165) is 17.3 Å². The molecule has 0 fully saturated rings. The third-order valence-electron chi connectivity index (χ3n) is 4.04. The van der Waals surface area contributed by atoms with Crippen molar-refractivity contribution in [2.45, 2.75) is 18.1 Å². The van der Waals surface area contributed by atoms with Crippen LogP contribution in [0.25, 0.3) is 10.9 Å². The summed E-state index contributed by atoms with van der Waals surface area (Å²) in [4.78, 5) is 40.1. The summed E-state index contributed by atoms with van der Waals surface area (Å²) < 4.78 is 1.50. The maximum Gasteiger partial charge on any atom is 0.318 e. The highest BCUT2D eigenvalue weighted by Crippen LogP contribution is 2.23. The molecular formula is C19H16Cl2N4O3S. The van der Waals surface area contributed by atoms with E-state index >= 15 is 0 Å². The monoisotopic (exact) mass is 450 g/mol. The molecule has 150 valence electrons. The van der Waals surface area contributed by atoms with Gasteiger partial charge in [0.25, 0.3) is 5.56 Å². The van der Waals surface area contributed by atoms with Crippen molar-refractivity contribution in [3.05, 3.63) is 68.4 Å². The number of benzene rings is 2. The molecular weight excluding hydrogens is 435 g/mol. The summed E-state index contributed by atoms with van der Waals surface area (Å²) in [6.45, 7) is 0.303. The number of carbonyl (C=O) groups is 2. The Morgan fingerprint density at radius 2 is 1.93 bits per heavy atom. The second kappa shape index (κ2) is 9.30. The van der Waals surface area contributed by atoms with Crippen LogP contribution in [0.2, 0.25) is 10.0 Å². The molecule has 3 N–H and O–H groups in total. The van der Waals surface area contributed by atoms with Gasteiger partial charge in [0.15, 0.2) is 5.16 Å². The van der Waals surface area contributed by atoms with Crippen molar-refractivity contribution in [1.82, 2.24) is 14.9 Å². The largest absolute Gasteiger partial charge is 0.351 e. The lowest BCUT2D eigenvalue weighted by Gasteiger charge is -2.13. The molecule has 3 aromatic rings. The van der Waals surface area contributed by atoms with Crippen LogP contribution in [-0.4, -0.2) is 27.2 Å². The Bertz CT molecular complexity index is 1150. The molecule has 0 aliphatic rings. The van der Waals surface area contributed by atoms with Crippen molar-refractivity contribution in [3.8, 4) is 0 Å². The van der Waals surface area contributed by atoms with Gasteiger partial charge in [-0.15, -0.1) is 0 Å². The van der Waals surface area contributed by atoms with E-state index in [9.17, 15) is 14.4 Å². The Hall–Kier alpha value is -2.55. The molecule has 7 nitrogen and oxygen atoms in total. The van der Waals surface area contributed by atoms with E-state index in [-0.39, 0.29) is 11.3 Å². The van der Waals surface area contributed by atoms with Crippen LogP contribution in [0.4, 0.5) is 4.79 Å². The Morgan fingerprint density at radius 1 is 1.17 bits per heavy atom. The van der Waals surface area contributed by atoms with Crippen LogP contribution < -0.4 is 16.6 Å². The number of aryl methyl sites for hydroxylation is 1. The summed E-state index contributed by atoms with van der Waals surface area (Å²) in [7, 11) is 0. The number of thioether (sulfide) groups is 1. The molecule has 1 aromatic heterocycles. The molecule has 3 amide bonds. The van der Waals surface area contributed by atoms with Crippen molar-refractivity contribution < 1.29 is 9.59 Å². The average molecular weight is 451 g/mol. The van der Waals surface area contributed by atoms with E-state index in [0.29, 0.717) is 39.1 Å². The molecule has 1 heterocycles. The summed E-state index contributed by atoms with van der Waals surface area (Å²) in [5.74, 6) is -0.688. The second-order valence-corrected chi connectivity index (χ2v) is 7.84. The minimum absolute atomic E-state index is 0.116. The fourth-order valence-electron chi connectivity index (χ4n) is 2.72. The van der Waals surface area contributed by atoms with Gasteiger partial charge in [-0.2, -0.15) is 0 Å². The van der Waals surface area contributed by atoms with E-state index in [1.54, 1.807) is 42.5 Å². The van der Waals surface area contributed by atoms with Crippen molar-refractivity contribution >= 4 is 57.8 Å². The first-order valence-electron chi connectivity index (χ1n) is 8.50. The van der Waals surface area contributed by atoms with Crippen LogP contribution in [-0.2, 0) is 17.8 Å². The van der Waals surface area contributed by atoms with Gasteiger partial charge in [0.1, 0.15) is 0 Å². The number of nitrogens with one attached hydrogen (secondary N) is 1. The number of imide groups is 1. The Morgan fingerprint density at radius 3 is 2.66 bits per heavy atom. The zero-order chi connectivity index (χ0) is 21.0. The molecule has 0 aliphatic carbocycles. The molecule has 2 aromatic carbocycles. The van der Waals surface area contributed by atoms with Crippen LogP contribution >= 0.6 is 35.0 Å². The predicted molar refractivity (Wildman–Crippen MR) is 115 cm³/mol. The third-order valence-corrected chi connectivity index (χ3v) is 5.60. The number of halogens is 2. The van der Waals surface area contributed by atoms with E-state index in [1.165, 1.54) is 4.57 Å². The first kappa shape index (κ1) is 21.2. The Kier molecular flexibility index (Phi) is 6.79. The van der Waals surface area contributed by atoms with Gasteiger partial charge >= 0.3 is 6.03 Å². The van der Waals surface area contributed by atoms with Gasteiger partial charge in [-0.05, 0) is 36.2 Å². The van der Waals surface area contributed by atoms with Gasteiger partial charge in [0.05, 0.1) is 16.7 Å². The average Bonchev–Trinajstić information content (AvgIpc) is 2.66. The second-order valence-electron chi connectivity index (χ2n) is 6.06. The molecule has 0 saturated carbocycles. The van der Waals surface area contributed by atoms with Gasteiger partial charge in [-0.1, -0.05) is 53.2 Å². The van der Waals surface area contributed by atoms with Gasteiger partial charge in [-0.25, -0.2) is 9.78 Å². The van der Waals surface area contributed by atoms with E-state index in [4.69, 9.17) is 28.9 Å². The quantitative estimate of drug-likeness (QED) is 0.442. The lowest BCUT2D eigenvalue weighted by Crippen LogP contribution is -2.36. The summed E-state index contributed by atoms with van der Waals surface area (Å²) >= 11 is 13.2. The van der Waals surface area contributed by atoms with Crippen LogP contribution in [0.3, 0.4) is 0 Å². The molecule has 3 rings (SSSR count). The van der Waals surface area contributed by atoms with Crippen molar-refractivity contribution in [2.24, 2.45) is 5.73 Å². The number of amides is 3. The summed E-state index contributed by atoms with van der Waals surface area (Å²) in [5, 5.41) is 3.86. The lowest BCUT2D eigenvalue weighted by atomic mass is 10.1. The molecule has 0 spiro atoms. The number of nitrogens with zero attached hydrogens (tertiary/aromatic N) is 2. The summed E-state index contributed by atoms with van der Waals surface area (Å²) in [6.07, 6.45) is 0.469. The summed E-state index contributed by atoms with van der Waals surface area (Å²) in [6, 6.07) is 11.2. The van der Waals surface area contributed by atoms with E-state index < -0.39 is 11.9 Å². The number of para-hydroxylation sites is 1. The number of aromatic nitrogens is 2. The molecule has 29 heavy (non-hydrogen) atoms. The normalized spacial score (nSPS) is 10.8. The number of primary amides is 1. The van der Waals surface area contributed by atoms with Crippen LogP contribution in [0, 0.1) is 0 Å². The molecule has 0 saturated heterocycles. The fourth-order valence-corrected chi connectivity index (χ4v) is 4.04. The smallest absolute Gasteiger partial charge is 0.318 e. The number of fused-ring (bicyclic) bond motifs is 1. The zero-order valence-corrected chi connectivity index (χ0v) is 17.4. The molecule has 10 heteroatoms. The van der Waals surface area contributed by atoms with Crippen LogP contribution in [0.5, 0.6) is 0 Å². The molecule has 0 unspecified atom stereocenters. The number of carbonyl (C=O) groups excluding carboxylic acids is 2. The van der Waals surface area contributed by atoms with E-state index in [1.807, 2.05) is 5.32 Å². The minimum atomic E-state index is -0.933. The number of hydrogen-bond donors (Lipinski definition) is 2. The van der Waals surface area contributed by atoms with Gasteiger partial charge in [0, 0.05) is 16.6 Å². The third kappa shape index (κ3) is 5.29. The van der Waals surface area contributed by atoms with Gasteiger partial charge < -0.3 is 5.73 Å². The van der Waals surface area contributed by atoms with Crippen molar-refractivity contribution in [3.63, 3.8) is 0 Å². The maximum absolute atomic E-state index is 13.0. The maximum atomic E-state index is 13.0. The summed E-state index contributed by atoms with van der Waals surface area (Å²) in [5.41, 5.74) is 6.09. The number of urea groups is 1.